The smallest absolute Gasteiger partial charge is 0.00770 e. The summed E-state index contributed by atoms with van der Waals surface area (Å²) in [6, 6.07) is 10.4. The molecule has 0 amide bonds. The standard InChI is InChI=1S/C7H8BrP/c1-9(8)7-5-3-2-4-6-7/h2-6H,1H3. The van der Waals surface area contributed by atoms with E-state index in [-0.39, 0.29) is 6.62 Å². The van der Waals surface area contributed by atoms with Crippen LogP contribution in [0.4, 0.5) is 0 Å². The van der Waals surface area contributed by atoms with E-state index in [1.165, 1.54) is 5.30 Å². The maximum absolute atomic E-state index is 3.55. The molecular formula is C7H8BrP. The molecule has 48 valence electrons. The second kappa shape index (κ2) is 3.34. The van der Waals surface area contributed by atoms with Gasteiger partial charge in [-0.1, -0.05) is 45.8 Å². The Kier molecular flexibility index (Phi) is 2.68. The van der Waals surface area contributed by atoms with Crippen molar-refractivity contribution in [1.82, 2.24) is 0 Å². The summed E-state index contributed by atoms with van der Waals surface area (Å²) in [6.45, 7) is 2.10. The van der Waals surface area contributed by atoms with E-state index in [0.29, 0.717) is 0 Å². The minimum Gasteiger partial charge on any atom is -0.0622 e. The average molecular weight is 203 g/mol. The van der Waals surface area contributed by atoms with Crippen LogP contribution in [0.3, 0.4) is 0 Å². The summed E-state index contributed by atoms with van der Waals surface area (Å²) in [4.78, 5) is 0. The Morgan fingerprint density at radius 1 is 1.22 bits per heavy atom. The fourth-order valence-electron chi connectivity index (χ4n) is 0.633. The summed E-state index contributed by atoms with van der Waals surface area (Å²) in [5.41, 5.74) is 0. The maximum Gasteiger partial charge on any atom is -0.00770 e. The summed E-state index contributed by atoms with van der Waals surface area (Å²) in [7, 11) is 0. The zero-order valence-corrected chi connectivity index (χ0v) is 7.69. The van der Waals surface area contributed by atoms with Crippen molar-refractivity contribution in [2.45, 2.75) is 0 Å². The van der Waals surface area contributed by atoms with E-state index < -0.39 is 0 Å². The van der Waals surface area contributed by atoms with E-state index >= 15 is 0 Å². The average Bonchev–Trinajstić information content (AvgIpc) is 1.90. The Bertz CT molecular complexity index is 172. The molecule has 0 aromatic heterocycles. The molecular weight excluding hydrogens is 195 g/mol. The maximum atomic E-state index is 3.55. The van der Waals surface area contributed by atoms with Crippen LogP contribution in [-0.4, -0.2) is 6.66 Å². The highest BCUT2D eigenvalue weighted by atomic mass is 79.9. The summed E-state index contributed by atoms with van der Waals surface area (Å²) in [5, 5.41) is 1.40. The molecule has 0 nitrogen and oxygen atoms in total. The molecule has 0 aliphatic rings. The van der Waals surface area contributed by atoms with Crippen LogP contribution in [-0.2, 0) is 0 Å². The molecule has 1 aromatic carbocycles. The first-order valence-electron chi connectivity index (χ1n) is 2.75. The molecule has 1 rings (SSSR count). The molecule has 0 heterocycles. The number of hydrogen-bond donors (Lipinski definition) is 0. The van der Waals surface area contributed by atoms with Crippen LogP contribution in [0.5, 0.6) is 0 Å². The van der Waals surface area contributed by atoms with E-state index in [1.54, 1.807) is 0 Å². The molecule has 0 saturated carbocycles. The van der Waals surface area contributed by atoms with Crippen LogP contribution < -0.4 is 5.30 Å². The largest absolute Gasteiger partial charge is 0.0622 e. The van der Waals surface area contributed by atoms with Crippen molar-refractivity contribution >= 4 is 27.4 Å². The van der Waals surface area contributed by atoms with E-state index in [0.717, 1.165) is 0 Å². The fourth-order valence-corrected chi connectivity index (χ4v) is 1.93. The van der Waals surface area contributed by atoms with Gasteiger partial charge in [0, 0.05) is 0 Å². The van der Waals surface area contributed by atoms with Crippen molar-refractivity contribution in [2.24, 2.45) is 0 Å². The van der Waals surface area contributed by atoms with Gasteiger partial charge in [-0.05, 0) is 18.6 Å². The van der Waals surface area contributed by atoms with Crippen molar-refractivity contribution in [3.05, 3.63) is 30.3 Å². The Hall–Kier alpha value is 0.130. The van der Waals surface area contributed by atoms with Gasteiger partial charge >= 0.3 is 0 Å². The van der Waals surface area contributed by atoms with Crippen molar-refractivity contribution in [3.8, 4) is 0 Å². The Balaban J connectivity index is 2.85. The van der Waals surface area contributed by atoms with Gasteiger partial charge in [0.1, 0.15) is 0 Å². The predicted molar refractivity (Wildman–Crippen MR) is 47.8 cm³/mol. The molecule has 0 fully saturated rings. The van der Waals surface area contributed by atoms with Crippen molar-refractivity contribution in [3.63, 3.8) is 0 Å². The van der Waals surface area contributed by atoms with Crippen LogP contribution in [0, 0.1) is 0 Å². The highest BCUT2D eigenvalue weighted by Gasteiger charge is 1.95. The Labute approximate surface area is 64.8 Å². The molecule has 0 saturated heterocycles. The number of rotatable bonds is 1. The summed E-state index contributed by atoms with van der Waals surface area (Å²) >= 11 is 3.55. The van der Waals surface area contributed by atoms with E-state index in [9.17, 15) is 0 Å². The lowest BCUT2D eigenvalue weighted by molar-refractivity contribution is 1.78. The van der Waals surface area contributed by atoms with Gasteiger partial charge in [0.25, 0.3) is 0 Å². The number of halogens is 1. The molecule has 0 N–H and O–H groups in total. The quantitative estimate of drug-likeness (QED) is 0.615. The Morgan fingerprint density at radius 3 is 2.11 bits per heavy atom. The summed E-state index contributed by atoms with van der Waals surface area (Å²) < 4.78 is 0. The van der Waals surface area contributed by atoms with Crippen LogP contribution in [0.15, 0.2) is 30.3 Å². The van der Waals surface area contributed by atoms with E-state index in [2.05, 4.69) is 46.4 Å². The Morgan fingerprint density at radius 2 is 1.78 bits per heavy atom. The molecule has 0 bridgehead atoms. The second-order valence-electron chi connectivity index (χ2n) is 1.81. The second-order valence-corrected chi connectivity index (χ2v) is 6.48. The van der Waals surface area contributed by atoms with Crippen LogP contribution >= 0.6 is 22.1 Å². The summed E-state index contributed by atoms with van der Waals surface area (Å²) in [5.74, 6) is 0. The van der Waals surface area contributed by atoms with Crippen LogP contribution in [0.25, 0.3) is 0 Å². The van der Waals surface area contributed by atoms with Gasteiger partial charge in [0.05, 0.1) is 0 Å². The number of hydrogen-bond acceptors (Lipinski definition) is 0. The van der Waals surface area contributed by atoms with Gasteiger partial charge in [0.2, 0.25) is 0 Å². The highest BCUT2D eigenvalue weighted by Crippen LogP contribution is 2.37. The molecule has 1 aromatic rings. The SMILES string of the molecule is CP(Br)c1ccccc1. The molecule has 1 atom stereocenters. The molecule has 2 heteroatoms. The van der Waals surface area contributed by atoms with Gasteiger partial charge in [-0.2, -0.15) is 0 Å². The van der Waals surface area contributed by atoms with Crippen molar-refractivity contribution in [1.29, 1.82) is 0 Å². The molecule has 0 spiro atoms. The van der Waals surface area contributed by atoms with E-state index in [1.807, 2.05) is 6.07 Å². The predicted octanol–water partition coefficient (Wildman–Crippen LogP) is 2.73. The van der Waals surface area contributed by atoms with E-state index in [4.69, 9.17) is 0 Å². The lowest BCUT2D eigenvalue weighted by Gasteiger charge is -2.00. The topological polar surface area (TPSA) is 0 Å². The number of benzene rings is 1. The first-order valence-corrected chi connectivity index (χ1v) is 6.56. The monoisotopic (exact) mass is 202 g/mol. The molecule has 0 aliphatic carbocycles. The minimum absolute atomic E-state index is 0.0831. The third-order valence-corrected chi connectivity index (χ3v) is 3.35. The first-order chi connectivity index (χ1) is 4.30. The highest BCUT2D eigenvalue weighted by molar-refractivity contribution is 9.40. The van der Waals surface area contributed by atoms with Crippen LogP contribution in [0.2, 0.25) is 0 Å². The van der Waals surface area contributed by atoms with Gasteiger partial charge in [0.15, 0.2) is 0 Å². The molecule has 0 radical (unpaired) electrons. The van der Waals surface area contributed by atoms with Gasteiger partial charge in [-0.25, -0.2) is 0 Å². The summed E-state index contributed by atoms with van der Waals surface area (Å²) in [6.07, 6.45) is 0. The third kappa shape index (κ3) is 2.08. The lowest BCUT2D eigenvalue weighted by Crippen LogP contribution is -1.92. The normalized spacial score (nSPS) is 13.1. The minimum atomic E-state index is -0.0831. The van der Waals surface area contributed by atoms with Gasteiger partial charge in [-0.15, -0.1) is 0 Å². The van der Waals surface area contributed by atoms with Gasteiger partial charge in [-0.3, -0.25) is 0 Å². The fraction of sp³-hybridized carbons (Fsp3) is 0.143. The van der Waals surface area contributed by atoms with Crippen molar-refractivity contribution in [2.75, 3.05) is 6.66 Å². The zero-order valence-electron chi connectivity index (χ0n) is 5.21. The lowest BCUT2D eigenvalue weighted by atomic mass is 10.4. The molecule has 9 heavy (non-hydrogen) atoms. The molecule has 0 aliphatic heterocycles. The first kappa shape index (κ1) is 7.24. The zero-order chi connectivity index (χ0) is 6.69. The van der Waals surface area contributed by atoms with Crippen molar-refractivity contribution < 1.29 is 0 Å². The molecule has 1 unspecified atom stereocenters. The van der Waals surface area contributed by atoms with Crippen LogP contribution in [0.1, 0.15) is 0 Å². The third-order valence-electron chi connectivity index (χ3n) is 1.11. The van der Waals surface area contributed by atoms with Gasteiger partial charge < -0.3 is 0 Å².